The molecule has 1 aromatic heterocycles. The summed E-state index contributed by atoms with van der Waals surface area (Å²) < 4.78 is 2.33. The SMILES string of the molecule is Cc1ccc2c(c1)c(CN1CCNCC1)c(C)n2C. The average Bonchev–Trinajstić information content (AvgIpc) is 2.65. The summed E-state index contributed by atoms with van der Waals surface area (Å²) in [6.07, 6.45) is 0. The lowest BCUT2D eigenvalue weighted by Crippen LogP contribution is -2.42. The van der Waals surface area contributed by atoms with Crippen molar-refractivity contribution in [3.63, 3.8) is 0 Å². The Morgan fingerprint density at radius 2 is 1.89 bits per heavy atom. The minimum absolute atomic E-state index is 1.08. The van der Waals surface area contributed by atoms with E-state index in [0.717, 1.165) is 32.7 Å². The summed E-state index contributed by atoms with van der Waals surface area (Å²) in [7, 11) is 2.17. The molecule has 0 radical (unpaired) electrons. The van der Waals surface area contributed by atoms with Crippen molar-refractivity contribution < 1.29 is 0 Å². The van der Waals surface area contributed by atoms with Gasteiger partial charge in [-0.25, -0.2) is 0 Å². The molecule has 1 N–H and O–H groups in total. The second kappa shape index (κ2) is 4.99. The van der Waals surface area contributed by atoms with Gasteiger partial charge in [-0.2, -0.15) is 0 Å². The van der Waals surface area contributed by atoms with Crippen LogP contribution in [0.3, 0.4) is 0 Å². The van der Waals surface area contributed by atoms with E-state index in [-0.39, 0.29) is 0 Å². The van der Waals surface area contributed by atoms with E-state index in [1.54, 1.807) is 0 Å². The molecule has 3 heteroatoms. The molecule has 0 unspecified atom stereocenters. The van der Waals surface area contributed by atoms with Gasteiger partial charge in [-0.1, -0.05) is 11.6 Å². The Bertz CT molecular complexity index is 592. The molecular formula is C16H23N3. The molecule has 2 aromatic rings. The Morgan fingerprint density at radius 1 is 1.16 bits per heavy atom. The molecule has 0 atom stereocenters. The molecule has 1 aliphatic rings. The van der Waals surface area contributed by atoms with Gasteiger partial charge in [0.2, 0.25) is 0 Å². The lowest BCUT2D eigenvalue weighted by atomic mass is 10.1. The molecule has 0 bridgehead atoms. The number of hydrogen-bond acceptors (Lipinski definition) is 2. The molecule has 1 aromatic carbocycles. The maximum atomic E-state index is 3.42. The molecule has 102 valence electrons. The Morgan fingerprint density at radius 3 is 2.63 bits per heavy atom. The van der Waals surface area contributed by atoms with Crippen LogP contribution in [0, 0.1) is 13.8 Å². The molecule has 0 amide bonds. The van der Waals surface area contributed by atoms with Crippen LogP contribution in [0.25, 0.3) is 10.9 Å². The van der Waals surface area contributed by atoms with Gasteiger partial charge in [0.05, 0.1) is 0 Å². The monoisotopic (exact) mass is 257 g/mol. The van der Waals surface area contributed by atoms with E-state index in [4.69, 9.17) is 0 Å². The minimum atomic E-state index is 1.08. The van der Waals surface area contributed by atoms with Gasteiger partial charge in [-0.05, 0) is 31.5 Å². The standard InChI is InChI=1S/C16H23N3/c1-12-4-5-16-14(10-12)15(13(2)18(16)3)11-19-8-6-17-7-9-19/h4-5,10,17H,6-9,11H2,1-3H3. The van der Waals surface area contributed by atoms with E-state index < -0.39 is 0 Å². The quantitative estimate of drug-likeness (QED) is 0.890. The number of piperazine rings is 1. The third-order valence-electron chi connectivity index (χ3n) is 4.37. The summed E-state index contributed by atoms with van der Waals surface area (Å²) in [4.78, 5) is 2.56. The highest BCUT2D eigenvalue weighted by atomic mass is 15.2. The fourth-order valence-electron chi connectivity index (χ4n) is 3.05. The number of fused-ring (bicyclic) bond motifs is 1. The van der Waals surface area contributed by atoms with E-state index in [1.807, 2.05) is 0 Å². The highest BCUT2D eigenvalue weighted by Gasteiger charge is 2.16. The number of hydrogen-bond donors (Lipinski definition) is 1. The molecule has 3 nitrogen and oxygen atoms in total. The Labute approximate surface area is 115 Å². The zero-order valence-corrected chi connectivity index (χ0v) is 12.2. The lowest BCUT2D eigenvalue weighted by molar-refractivity contribution is 0.233. The van der Waals surface area contributed by atoms with Gasteiger partial charge >= 0.3 is 0 Å². The van der Waals surface area contributed by atoms with Crippen molar-refractivity contribution >= 4 is 10.9 Å². The average molecular weight is 257 g/mol. The summed E-state index contributed by atoms with van der Waals surface area (Å²) >= 11 is 0. The van der Waals surface area contributed by atoms with Crippen molar-refractivity contribution in [2.75, 3.05) is 26.2 Å². The van der Waals surface area contributed by atoms with Crippen molar-refractivity contribution in [3.8, 4) is 0 Å². The predicted octanol–water partition coefficient (Wildman–Crippen LogP) is 2.20. The second-order valence-electron chi connectivity index (χ2n) is 5.67. The first-order valence-corrected chi connectivity index (χ1v) is 7.14. The van der Waals surface area contributed by atoms with Crippen LogP contribution >= 0.6 is 0 Å². The first-order chi connectivity index (χ1) is 9.16. The molecule has 0 saturated carbocycles. The lowest BCUT2D eigenvalue weighted by Gasteiger charge is -2.27. The van der Waals surface area contributed by atoms with Crippen LogP contribution in [0.1, 0.15) is 16.8 Å². The van der Waals surface area contributed by atoms with Crippen LogP contribution in [0.15, 0.2) is 18.2 Å². The summed E-state index contributed by atoms with van der Waals surface area (Å²) in [6, 6.07) is 6.79. The van der Waals surface area contributed by atoms with Gasteiger partial charge in [0.25, 0.3) is 0 Å². The first-order valence-electron chi connectivity index (χ1n) is 7.14. The van der Waals surface area contributed by atoms with Crippen LogP contribution in [-0.4, -0.2) is 35.6 Å². The zero-order chi connectivity index (χ0) is 13.4. The molecule has 0 spiro atoms. The third kappa shape index (κ3) is 2.28. The van der Waals surface area contributed by atoms with Crippen LogP contribution in [0.4, 0.5) is 0 Å². The van der Waals surface area contributed by atoms with Gasteiger partial charge in [-0.3, -0.25) is 4.90 Å². The van der Waals surface area contributed by atoms with E-state index in [9.17, 15) is 0 Å². The first kappa shape index (κ1) is 12.7. The number of aryl methyl sites for hydroxylation is 2. The van der Waals surface area contributed by atoms with Crippen molar-refractivity contribution in [2.45, 2.75) is 20.4 Å². The summed E-state index contributed by atoms with van der Waals surface area (Å²) in [5, 5.41) is 4.85. The number of nitrogens with one attached hydrogen (secondary N) is 1. The number of benzene rings is 1. The largest absolute Gasteiger partial charge is 0.348 e. The molecule has 1 saturated heterocycles. The molecule has 3 rings (SSSR count). The molecule has 1 fully saturated rings. The van der Waals surface area contributed by atoms with Gasteiger partial charge in [0.1, 0.15) is 0 Å². The summed E-state index contributed by atoms with van der Waals surface area (Å²) in [5.74, 6) is 0. The molecule has 19 heavy (non-hydrogen) atoms. The fourth-order valence-corrected chi connectivity index (χ4v) is 3.05. The molecular weight excluding hydrogens is 234 g/mol. The topological polar surface area (TPSA) is 20.2 Å². The van der Waals surface area contributed by atoms with E-state index >= 15 is 0 Å². The van der Waals surface area contributed by atoms with E-state index in [0.29, 0.717) is 0 Å². The van der Waals surface area contributed by atoms with Crippen molar-refractivity contribution in [2.24, 2.45) is 7.05 Å². The van der Waals surface area contributed by atoms with Crippen LogP contribution in [0.2, 0.25) is 0 Å². The smallest absolute Gasteiger partial charge is 0.0483 e. The number of rotatable bonds is 2. The summed E-state index contributed by atoms with van der Waals surface area (Å²) in [5.41, 5.74) is 5.61. The van der Waals surface area contributed by atoms with Crippen molar-refractivity contribution in [1.29, 1.82) is 0 Å². The summed E-state index contributed by atoms with van der Waals surface area (Å²) in [6.45, 7) is 10.0. The molecule has 2 heterocycles. The second-order valence-corrected chi connectivity index (χ2v) is 5.67. The number of aromatic nitrogens is 1. The van der Waals surface area contributed by atoms with Gasteiger partial charge in [-0.15, -0.1) is 0 Å². The Balaban J connectivity index is 2.01. The van der Waals surface area contributed by atoms with Gasteiger partial charge in [0, 0.05) is 56.4 Å². The third-order valence-corrected chi connectivity index (χ3v) is 4.37. The van der Waals surface area contributed by atoms with E-state index in [1.165, 1.54) is 27.7 Å². The number of nitrogens with zero attached hydrogens (tertiary/aromatic N) is 2. The van der Waals surface area contributed by atoms with Crippen molar-refractivity contribution in [1.82, 2.24) is 14.8 Å². The Hall–Kier alpha value is -1.32. The predicted molar refractivity (Wildman–Crippen MR) is 80.5 cm³/mol. The minimum Gasteiger partial charge on any atom is -0.348 e. The molecule has 1 aliphatic heterocycles. The van der Waals surface area contributed by atoms with Crippen LogP contribution < -0.4 is 5.32 Å². The Kier molecular flexibility index (Phi) is 3.33. The highest BCUT2D eigenvalue weighted by molar-refractivity contribution is 5.86. The highest BCUT2D eigenvalue weighted by Crippen LogP contribution is 2.27. The maximum absolute atomic E-state index is 3.42. The zero-order valence-electron chi connectivity index (χ0n) is 12.2. The van der Waals surface area contributed by atoms with Crippen molar-refractivity contribution in [3.05, 3.63) is 35.0 Å². The van der Waals surface area contributed by atoms with Crippen LogP contribution in [0.5, 0.6) is 0 Å². The van der Waals surface area contributed by atoms with Crippen LogP contribution in [-0.2, 0) is 13.6 Å². The normalized spacial score (nSPS) is 17.2. The van der Waals surface area contributed by atoms with Gasteiger partial charge < -0.3 is 9.88 Å². The van der Waals surface area contributed by atoms with Gasteiger partial charge in [0.15, 0.2) is 0 Å². The van der Waals surface area contributed by atoms with E-state index in [2.05, 4.69) is 53.9 Å². The fraction of sp³-hybridized carbons (Fsp3) is 0.500. The molecule has 0 aliphatic carbocycles. The maximum Gasteiger partial charge on any atom is 0.0483 e.